The van der Waals surface area contributed by atoms with Gasteiger partial charge in [-0.15, -0.1) is 0 Å². The largest absolute Gasteiger partial charge is 0.378 e. The maximum absolute atomic E-state index is 13.7. The van der Waals surface area contributed by atoms with Crippen molar-refractivity contribution in [1.29, 1.82) is 0 Å². The van der Waals surface area contributed by atoms with Crippen molar-refractivity contribution in [2.75, 3.05) is 38.0 Å². The van der Waals surface area contributed by atoms with Gasteiger partial charge in [-0.2, -0.15) is 5.10 Å². The first-order valence-corrected chi connectivity index (χ1v) is 12.7. The summed E-state index contributed by atoms with van der Waals surface area (Å²) >= 11 is 0. The van der Waals surface area contributed by atoms with Crippen LogP contribution in [-0.4, -0.2) is 44.8 Å². The fraction of sp³-hybridized carbons (Fsp3) is 0.290. The molecule has 37 heavy (non-hydrogen) atoms. The van der Waals surface area contributed by atoms with E-state index in [1.54, 1.807) is 5.01 Å². The third-order valence-corrected chi connectivity index (χ3v) is 7.30. The SMILES string of the molecule is CN(C)c1ccc(/C=C2\CCC[C@@H]3C2=NN(C(=O)c2ccc(F)cc2)[C@@H]3c2ccc(N(C)C)cc2)cc1. The zero-order valence-corrected chi connectivity index (χ0v) is 21.9. The topological polar surface area (TPSA) is 39.1 Å². The smallest absolute Gasteiger partial charge is 0.274 e. The average molecular weight is 497 g/mol. The van der Waals surface area contributed by atoms with Crippen LogP contribution >= 0.6 is 0 Å². The molecule has 1 saturated carbocycles. The number of anilines is 2. The molecule has 0 saturated heterocycles. The van der Waals surface area contributed by atoms with E-state index >= 15 is 0 Å². The number of allylic oxidation sites excluding steroid dienone is 1. The van der Waals surface area contributed by atoms with Crippen LogP contribution in [0.5, 0.6) is 0 Å². The molecule has 3 aromatic rings. The summed E-state index contributed by atoms with van der Waals surface area (Å²) in [6, 6.07) is 22.4. The Kier molecular flexibility index (Phi) is 6.83. The molecular weight excluding hydrogens is 463 g/mol. The van der Waals surface area contributed by atoms with E-state index in [1.807, 2.05) is 28.2 Å². The summed E-state index contributed by atoms with van der Waals surface area (Å²) in [5.74, 6) is -0.465. The van der Waals surface area contributed by atoms with Crippen LogP contribution in [0.1, 0.15) is 46.8 Å². The molecule has 0 bridgehead atoms. The predicted octanol–water partition coefficient (Wildman–Crippen LogP) is 6.39. The van der Waals surface area contributed by atoms with Gasteiger partial charge in [-0.1, -0.05) is 24.3 Å². The first kappa shape index (κ1) is 24.8. The van der Waals surface area contributed by atoms with E-state index < -0.39 is 0 Å². The number of amides is 1. The first-order chi connectivity index (χ1) is 17.8. The lowest BCUT2D eigenvalue weighted by molar-refractivity contribution is 0.0681. The quantitative estimate of drug-likeness (QED) is 0.411. The summed E-state index contributed by atoms with van der Waals surface area (Å²) < 4.78 is 13.6. The van der Waals surface area contributed by atoms with Crippen molar-refractivity contribution in [3.63, 3.8) is 0 Å². The zero-order valence-electron chi connectivity index (χ0n) is 21.9. The summed E-state index contributed by atoms with van der Waals surface area (Å²) in [4.78, 5) is 17.8. The van der Waals surface area contributed by atoms with Crippen LogP contribution in [0.15, 0.2) is 83.5 Å². The molecule has 2 aliphatic rings. The number of nitrogens with zero attached hydrogens (tertiary/aromatic N) is 4. The number of fused-ring (bicyclic) bond motifs is 1. The highest BCUT2D eigenvalue weighted by atomic mass is 19.1. The number of carbonyl (C=O) groups is 1. The minimum Gasteiger partial charge on any atom is -0.378 e. The van der Waals surface area contributed by atoms with E-state index in [4.69, 9.17) is 5.10 Å². The molecular formula is C31H33FN4O. The highest BCUT2D eigenvalue weighted by molar-refractivity contribution is 6.09. The maximum atomic E-state index is 13.7. The lowest BCUT2D eigenvalue weighted by Gasteiger charge is -2.30. The lowest BCUT2D eigenvalue weighted by atomic mass is 9.77. The Morgan fingerprint density at radius 2 is 1.49 bits per heavy atom. The van der Waals surface area contributed by atoms with Crippen molar-refractivity contribution in [2.45, 2.75) is 25.3 Å². The molecule has 0 radical (unpaired) electrons. The summed E-state index contributed by atoms with van der Waals surface area (Å²) in [5.41, 5.74) is 7.03. The number of hydrogen-bond donors (Lipinski definition) is 0. The molecule has 3 aromatic carbocycles. The molecule has 1 heterocycles. The van der Waals surface area contributed by atoms with Gasteiger partial charge in [0, 0.05) is 51.0 Å². The van der Waals surface area contributed by atoms with Crippen LogP contribution in [0.2, 0.25) is 0 Å². The minimum atomic E-state index is -0.362. The van der Waals surface area contributed by atoms with Gasteiger partial charge >= 0.3 is 0 Å². The molecule has 1 fully saturated rings. The van der Waals surface area contributed by atoms with Gasteiger partial charge in [0.2, 0.25) is 0 Å². The van der Waals surface area contributed by atoms with Crippen molar-refractivity contribution in [3.8, 4) is 0 Å². The fourth-order valence-corrected chi connectivity index (χ4v) is 5.27. The Balaban J connectivity index is 1.54. The molecule has 1 aliphatic carbocycles. The molecule has 5 nitrogen and oxygen atoms in total. The average Bonchev–Trinajstić information content (AvgIpc) is 3.30. The van der Waals surface area contributed by atoms with Gasteiger partial charge in [-0.3, -0.25) is 4.79 Å². The van der Waals surface area contributed by atoms with E-state index in [0.717, 1.165) is 47.5 Å². The van der Waals surface area contributed by atoms with Crippen LogP contribution in [-0.2, 0) is 0 Å². The standard InChI is InChI=1S/C31H33FN4O/c1-34(2)26-16-8-21(9-17-26)20-24-6-5-7-28-29(24)33-36(31(37)23-10-14-25(32)15-11-23)30(28)22-12-18-27(19-13-22)35(3)4/h8-20,28,30H,5-7H2,1-4H3/b24-20+/t28-,30-/m1/s1. The van der Waals surface area contributed by atoms with E-state index in [-0.39, 0.29) is 23.7 Å². The van der Waals surface area contributed by atoms with Gasteiger partial charge in [0.1, 0.15) is 5.82 Å². The summed E-state index contributed by atoms with van der Waals surface area (Å²) in [5, 5.41) is 6.60. The highest BCUT2D eigenvalue weighted by Crippen LogP contribution is 2.45. The second kappa shape index (κ2) is 10.2. The number of benzene rings is 3. The normalized spacial score (nSPS) is 20.0. The molecule has 0 spiro atoms. The molecule has 0 aromatic heterocycles. The van der Waals surface area contributed by atoms with Gasteiger partial charge in [0.25, 0.3) is 5.91 Å². The molecule has 0 unspecified atom stereocenters. The number of hydrogen-bond acceptors (Lipinski definition) is 4. The second-order valence-corrected chi connectivity index (χ2v) is 10.2. The predicted molar refractivity (Wildman–Crippen MR) is 150 cm³/mol. The van der Waals surface area contributed by atoms with Crippen molar-refractivity contribution < 1.29 is 9.18 Å². The minimum absolute atomic E-state index is 0.107. The van der Waals surface area contributed by atoms with Crippen molar-refractivity contribution >= 4 is 29.1 Å². The van der Waals surface area contributed by atoms with Gasteiger partial charge in [-0.05, 0) is 90.6 Å². The maximum Gasteiger partial charge on any atom is 0.274 e. The van der Waals surface area contributed by atoms with Crippen LogP contribution in [0.3, 0.4) is 0 Å². The number of hydrazone groups is 1. The lowest BCUT2D eigenvalue weighted by Crippen LogP contribution is -2.32. The third-order valence-electron chi connectivity index (χ3n) is 7.30. The highest BCUT2D eigenvalue weighted by Gasteiger charge is 2.44. The van der Waals surface area contributed by atoms with E-state index in [9.17, 15) is 9.18 Å². The van der Waals surface area contributed by atoms with Gasteiger partial charge in [-0.25, -0.2) is 9.40 Å². The Morgan fingerprint density at radius 3 is 2.08 bits per heavy atom. The van der Waals surface area contributed by atoms with Crippen molar-refractivity contribution in [1.82, 2.24) is 5.01 Å². The van der Waals surface area contributed by atoms with E-state index in [1.165, 1.54) is 29.8 Å². The summed E-state index contributed by atoms with van der Waals surface area (Å²) in [7, 11) is 8.09. The van der Waals surface area contributed by atoms with E-state index in [0.29, 0.717) is 5.56 Å². The Labute approximate surface area is 218 Å². The molecule has 1 amide bonds. The van der Waals surface area contributed by atoms with Gasteiger partial charge in [0.15, 0.2) is 0 Å². The first-order valence-electron chi connectivity index (χ1n) is 12.7. The van der Waals surface area contributed by atoms with Crippen LogP contribution in [0.4, 0.5) is 15.8 Å². The zero-order chi connectivity index (χ0) is 26.1. The summed E-state index contributed by atoms with van der Waals surface area (Å²) in [6.07, 6.45) is 5.14. The molecule has 5 rings (SSSR count). The monoisotopic (exact) mass is 496 g/mol. The van der Waals surface area contributed by atoms with Crippen LogP contribution in [0.25, 0.3) is 6.08 Å². The van der Waals surface area contributed by atoms with Crippen molar-refractivity contribution in [3.05, 3.63) is 101 Å². The van der Waals surface area contributed by atoms with E-state index in [2.05, 4.69) is 64.4 Å². The molecule has 190 valence electrons. The summed E-state index contributed by atoms with van der Waals surface area (Å²) in [6.45, 7) is 0. The third kappa shape index (κ3) is 5.01. The molecule has 1 aliphatic heterocycles. The number of halogens is 1. The Morgan fingerprint density at radius 1 is 0.892 bits per heavy atom. The van der Waals surface area contributed by atoms with Crippen LogP contribution < -0.4 is 9.80 Å². The van der Waals surface area contributed by atoms with Gasteiger partial charge < -0.3 is 9.80 Å². The van der Waals surface area contributed by atoms with Crippen molar-refractivity contribution in [2.24, 2.45) is 11.0 Å². The Bertz CT molecular complexity index is 1330. The molecule has 6 heteroatoms. The van der Waals surface area contributed by atoms with Gasteiger partial charge in [0.05, 0.1) is 11.8 Å². The number of rotatable bonds is 5. The fourth-order valence-electron chi connectivity index (χ4n) is 5.27. The Hall–Kier alpha value is -3.93. The molecule has 0 N–H and O–H groups in total. The number of carbonyl (C=O) groups excluding carboxylic acids is 1. The molecule has 2 atom stereocenters. The van der Waals surface area contributed by atoms with Crippen LogP contribution in [0, 0.1) is 11.7 Å². The second-order valence-electron chi connectivity index (χ2n) is 10.2.